The summed E-state index contributed by atoms with van der Waals surface area (Å²) in [5, 5.41) is 0. The molecule has 0 radical (unpaired) electrons. The van der Waals surface area contributed by atoms with E-state index in [2.05, 4.69) is 50.3 Å². The third-order valence-corrected chi connectivity index (χ3v) is 5.03. The zero-order chi connectivity index (χ0) is 15.0. The molecule has 2 rings (SSSR count). The molecule has 1 aromatic carbocycles. The molecule has 21 heavy (non-hydrogen) atoms. The number of hydrogen-bond acceptors (Lipinski definition) is 0. The van der Waals surface area contributed by atoms with Crippen molar-refractivity contribution in [2.24, 2.45) is 0 Å². The molecular formula is C21H32. The van der Waals surface area contributed by atoms with Crippen molar-refractivity contribution < 1.29 is 0 Å². The first-order valence-electron chi connectivity index (χ1n) is 9.11. The van der Waals surface area contributed by atoms with E-state index in [1.807, 2.05) is 0 Å². The molecule has 0 spiro atoms. The number of unbranched alkanes of at least 4 members (excludes halogenated alkanes) is 6. The van der Waals surface area contributed by atoms with Crippen molar-refractivity contribution in [3.63, 3.8) is 0 Å². The molecule has 0 saturated carbocycles. The Morgan fingerprint density at radius 3 is 2.00 bits per heavy atom. The Bertz CT molecular complexity index is 429. The second-order valence-electron chi connectivity index (χ2n) is 6.70. The van der Waals surface area contributed by atoms with Gasteiger partial charge in [0, 0.05) is 5.41 Å². The van der Waals surface area contributed by atoms with Gasteiger partial charge in [0.05, 0.1) is 0 Å². The second kappa shape index (κ2) is 8.41. The lowest BCUT2D eigenvalue weighted by Gasteiger charge is -2.30. The maximum atomic E-state index is 2.52. The molecule has 0 nitrogen and oxygen atoms in total. The number of fused-ring (bicyclic) bond motifs is 1. The lowest BCUT2D eigenvalue weighted by molar-refractivity contribution is 0.411. The maximum absolute atomic E-state index is 2.52. The Balaban J connectivity index is 2.03. The van der Waals surface area contributed by atoms with Crippen LogP contribution in [0.15, 0.2) is 30.3 Å². The van der Waals surface area contributed by atoms with E-state index in [1.165, 1.54) is 69.8 Å². The van der Waals surface area contributed by atoms with Gasteiger partial charge in [0.25, 0.3) is 0 Å². The highest BCUT2D eigenvalue weighted by Crippen LogP contribution is 2.43. The molecule has 0 aromatic heterocycles. The van der Waals surface area contributed by atoms with Gasteiger partial charge < -0.3 is 0 Å². The predicted octanol–water partition coefficient (Wildman–Crippen LogP) is 6.89. The predicted molar refractivity (Wildman–Crippen MR) is 94.7 cm³/mol. The normalized spacial score (nSPS) is 15.3. The van der Waals surface area contributed by atoms with Crippen LogP contribution in [0.25, 0.3) is 6.08 Å². The third-order valence-electron chi connectivity index (χ3n) is 5.03. The lowest BCUT2D eigenvalue weighted by Crippen LogP contribution is -2.22. The third kappa shape index (κ3) is 4.22. The van der Waals surface area contributed by atoms with Gasteiger partial charge in [-0.25, -0.2) is 0 Å². The Morgan fingerprint density at radius 1 is 0.762 bits per heavy atom. The van der Waals surface area contributed by atoms with Gasteiger partial charge in [-0.1, -0.05) is 102 Å². The molecule has 1 aliphatic carbocycles. The highest BCUT2D eigenvalue weighted by Gasteiger charge is 2.33. The molecule has 0 fully saturated rings. The van der Waals surface area contributed by atoms with Crippen LogP contribution in [-0.2, 0) is 5.41 Å². The molecule has 1 aromatic rings. The summed E-state index contributed by atoms with van der Waals surface area (Å²) in [6.07, 6.45) is 18.5. The van der Waals surface area contributed by atoms with Gasteiger partial charge in [-0.05, 0) is 24.0 Å². The monoisotopic (exact) mass is 284 g/mol. The fourth-order valence-electron chi connectivity index (χ4n) is 3.73. The van der Waals surface area contributed by atoms with E-state index >= 15 is 0 Å². The molecular weight excluding hydrogens is 252 g/mol. The van der Waals surface area contributed by atoms with E-state index in [0.29, 0.717) is 5.41 Å². The van der Waals surface area contributed by atoms with Crippen molar-refractivity contribution in [1.82, 2.24) is 0 Å². The standard InChI is InChI=1S/C21H32/c1-3-5-7-11-16-21(17-12-8-6-4-2)18-15-19-13-9-10-14-20(19)21/h9-10,13-15,18H,3-8,11-12,16-17H2,1-2H3. The van der Waals surface area contributed by atoms with Crippen molar-refractivity contribution in [2.45, 2.75) is 83.5 Å². The van der Waals surface area contributed by atoms with Crippen LogP contribution in [0.4, 0.5) is 0 Å². The largest absolute Gasteiger partial charge is 0.0733 e. The Labute approximate surface area is 131 Å². The first-order chi connectivity index (χ1) is 10.3. The summed E-state index contributed by atoms with van der Waals surface area (Å²) in [5.74, 6) is 0. The molecule has 0 bridgehead atoms. The number of rotatable bonds is 10. The van der Waals surface area contributed by atoms with Crippen LogP contribution in [0.3, 0.4) is 0 Å². The quantitative estimate of drug-likeness (QED) is 0.410. The van der Waals surface area contributed by atoms with Crippen molar-refractivity contribution in [2.75, 3.05) is 0 Å². The summed E-state index contributed by atoms with van der Waals surface area (Å²) in [6, 6.07) is 9.05. The average Bonchev–Trinajstić information content (AvgIpc) is 2.88. The number of benzene rings is 1. The summed E-state index contributed by atoms with van der Waals surface area (Å²) >= 11 is 0. The fourth-order valence-corrected chi connectivity index (χ4v) is 3.73. The average molecular weight is 284 g/mol. The van der Waals surface area contributed by atoms with Crippen LogP contribution >= 0.6 is 0 Å². The summed E-state index contributed by atoms with van der Waals surface area (Å²) in [4.78, 5) is 0. The molecule has 1 aliphatic rings. The zero-order valence-corrected chi connectivity index (χ0v) is 14.0. The Kier molecular flexibility index (Phi) is 6.54. The van der Waals surface area contributed by atoms with Gasteiger partial charge in [-0.2, -0.15) is 0 Å². The summed E-state index contributed by atoms with van der Waals surface area (Å²) < 4.78 is 0. The highest BCUT2D eigenvalue weighted by atomic mass is 14.4. The van der Waals surface area contributed by atoms with E-state index in [0.717, 1.165) is 0 Å². The van der Waals surface area contributed by atoms with Gasteiger partial charge in [0.15, 0.2) is 0 Å². The number of hydrogen-bond donors (Lipinski definition) is 0. The van der Waals surface area contributed by atoms with E-state index in [9.17, 15) is 0 Å². The molecule has 116 valence electrons. The van der Waals surface area contributed by atoms with E-state index < -0.39 is 0 Å². The molecule has 0 saturated heterocycles. The molecule has 0 atom stereocenters. The van der Waals surface area contributed by atoms with Gasteiger partial charge in [0.1, 0.15) is 0 Å². The van der Waals surface area contributed by atoms with E-state index in [1.54, 1.807) is 5.56 Å². The van der Waals surface area contributed by atoms with Gasteiger partial charge >= 0.3 is 0 Å². The second-order valence-corrected chi connectivity index (χ2v) is 6.70. The molecule has 0 amide bonds. The number of allylic oxidation sites excluding steroid dienone is 1. The lowest BCUT2D eigenvalue weighted by atomic mass is 9.74. The van der Waals surface area contributed by atoms with Gasteiger partial charge in [-0.15, -0.1) is 0 Å². The van der Waals surface area contributed by atoms with Crippen LogP contribution in [-0.4, -0.2) is 0 Å². The Hall–Kier alpha value is -1.04. The van der Waals surface area contributed by atoms with E-state index in [-0.39, 0.29) is 0 Å². The Morgan fingerprint density at radius 2 is 1.38 bits per heavy atom. The van der Waals surface area contributed by atoms with Gasteiger partial charge in [-0.3, -0.25) is 0 Å². The SMILES string of the molecule is CCCCCCC1(CCCCCC)C=Cc2ccccc21. The smallest absolute Gasteiger partial charge is 0.0141 e. The fraction of sp³-hybridized carbons (Fsp3) is 0.619. The van der Waals surface area contributed by atoms with Crippen LogP contribution in [0.5, 0.6) is 0 Å². The minimum Gasteiger partial charge on any atom is -0.0733 e. The summed E-state index contributed by atoms with van der Waals surface area (Å²) in [7, 11) is 0. The maximum Gasteiger partial charge on any atom is 0.0141 e. The van der Waals surface area contributed by atoms with Crippen LogP contribution in [0.1, 0.15) is 89.2 Å². The molecule has 0 heterocycles. The zero-order valence-electron chi connectivity index (χ0n) is 14.0. The topological polar surface area (TPSA) is 0 Å². The van der Waals surface area contributed by atoms with Crippen molar-refractivity contribution >= 4 is 6.08 Å². The molecule has 0 heteroatoms. The van der Waals surface area contributed by atoms with Crippen LogP contribution in [0.2, 0.25) is 0 Å². The van der Waals surface area contributed by atoms with Crippen molar-refractivity contribution in [3.05, 3.63) is 41.5 Å². The van der Waals surface area contributed by atoms with Gasteiger partial charge in [0.2, 0.25) is 0 Å². The first-order valence-corrected chi connectivity index (χ1v) is 9.11. The van der Waals surface area contributed by atoms with Crippen molar-refractivity contribution in [3.8, 4) is 0 Å². The minimum absolute atomic E-state index is 0.345. The molecule has 0 N–H and O–H groups in total. The van der Waals surface area contributed by atoms with E-state index in [4.69, 9.17) is 0 Å². The molecule has 0 unspecified atom stereocenters. The summed E-state index contributed by atoms with van der Waals surface area (Å²) in [6.45, 7) is 4.59. The van der Waals surface area contributed by atoms with Crippen molar-refractivity contribution in [1.29, 1.82) is 0 Å². The summed E-state index contributed by atoms with van der Waals surface area (Å²) in [5.41, 5.74) is 3.40. The highest BCUT2D eigenvalue weighted by molar-refractivity contribution is 5.65. The van der Waals surface area contributed by atoms with Crippen LogP contribution in [0, 0.1) is 0 Å². The van der Waals surface area contributed by atoms with Crippen LogP contribution < -0.4 is 0 Å². The molecule has 0 aliphatic heterocycles. The minimum atomic E-state index is 0.345. The first kappa shape index (κ1) is 16.3.